The first kappa shape index (κ1) is 16.9. The predicted octanol–water partition coefficient (Wildman–Crippen LogP) is 1.47. The molecule has 0 bridgehead atoms. The Kier molecular flexibility index (Phi) is 8.22. The molecule has 0 aromatic rings. The first-order valence-corrected chi connectivity index (χ1v) is 7.47. The van der Waals surface area contributed by atoms with E-state index in [1.54, 1.807) is 7.11 Å². The van der Waals surface area contributed by atoms with E-state index < -0.39 is 0 Å². The Bertz CT molecular complexity index is 347. The summed E-state index contributed by atoms with van der Waals surface area (Å²) in [5.74, 6) is -0.0160. The molecule has 20 heavy (non-hydrogen) atoms. The van der Waals surface area contributed by atoms with Gasteiger partial charge in [-0.1, -0.05) is 6.92 Å². The van der Waals surface area contributed by atoms with Gasteiger partial charge in [0.25, 0.3) is 0 Å². The summed E-state index contributed by atoms with van der Waals surface area (Å²) < 4.78 is 5.16. The van der Waals surface area contributed by atoms with Gasteiger partial charge in [0, 0.05) is 52.3 Å². The second kappa shape index (κ2) is 9.72. The van der Waals surface area contributed by atoms with Crippen LogP contribution in [0.1, 0.15) is 26.2 Å². The van der Waals surface area contributed by atoms with Gasteiger partial charge in [-0.2, -0.15) is 10.5 Å². The Morgan fingerprint density at radius 2 is 2.15 bits per heavy atom. The highest BCUT2D eigenvalue weighted by atomic mass is 16.5. The number of nitriles is 2. The lowest BCUT2D eigenvalue weighted by Gasteiger charge is -2.41. The molecule has 112 valence electrons. The maximum Gasteiger partial charge on any atom is 0.0669 e. The molecule has 5 nitrogen and oxygen atoms in total. The van der Waals surface area contributed by atoms with E-state index in [4.69, 9.17) is 15.3 Å². The number of hydrogen-bond acceptors (Lipinski definition) is 5. The fourth-order valence-corrected chi connectivity index (χ4v) is 2.76. The Hall–Kier alpha value is -1.14. The molecule has 1 aliphatic heterocycles. The van der Waals surface area contributed by atoms with Crippen LogP contribution in [0.25, 0.3) is 0 Å². The number of hydrogen-bond donors (Lipinski definition) is 0. The highest BCUT2D eigenvalue weighted by Gasteiger charge is 2.26. The van der Waals surface area contributed by atoms with Gasteiger partial charge in [-0.05, 0) is 12.8 Å². The van der Waals surface area contributed by atoms with Gasteiger partial charge in [0.2, 0.25) is 0 Å². The van der Waals surface area contributed by atoms with Crippen molar-refractivity contribution in [3.8, 4) is 12.1 Å². The fraction of sp³-hybridized carbons (Fsp3) is 0.867. The zero-order chi connectivity index (χ0) is 14.8. The Balaban J connectivity index is 2.43. The second-order valence-corrected chi connectivity index (χ2v) is 5.37. The first-order chi connectivity index (χ1) is 9.74. The molecule has 1 rings (SSSR count). The monoisotopic (exact) mass is 278 g/mol. The number of ether oxygens (including phenoxy) is 1. The molecule has 0 aromatic heterocycles. The van der Waals surface area contributed by atoms with E-state index in [9.17, 15) is 0 Å². The van der Waals surface area contributed by atoms with Crippen molar-refractivity contribution in [3.05, 3.63) is 0 Å². The van der Waals surface area contributed by atoms with E-state index in [2.05, 4.69) is 28.9 Å². The highest BCUT2D eigenvalue weighted by molar-refractivity contribution is 4.90. The molecule has 1 heterocycles. The van der Waals surface area contributed by atoms with Crippen molar-refractivity contribution in [3.63, 3.8) is 0 Å². The summed E-state index contributed by atoms with van der Waals surface area (Å²) in [6.45, 7) is 7.84. The SMILES string of the molecule is CC[C@@H]1CN(C[C@@H](C#N)CCC#N)CCN1CCOC. The minimum Gasteiger partial charge on any atom is -0.383 e. The Morgan fingerprint density at radius 3 is 2.75 bits per heavy atom. The summed E-state index contributed by atoms with van der Waals surface area (Å²) in [6.07, 6.45) is 2.28. The summed E-state index contributed by atoms with van der Waals surface area (Å²) in [6, 6.07) is 5.01. The lowest BCUT2D eigenvalue weighted by Crippen LogP contribution is -2.54. The molecule has 2 atom stereocenters. The molecule has 0 radical (unpaired) electrons. The van der Waals surface area contributed by atoms with Crippen LogP contribution in [0.5, 0.6) is 0 Å². The van der Waals surface area contributed by atoms with Crippen molar-refractivity contribution in [2.45, 2.75) is 32.2 Å². The fourth-order valence-electron chi connectivity index (χ4n) is 2.76. The van der Waals surface area contributed by atoms with E-state index >= 15 is 0 Å². The molecule has 0 amide bonds. The standard InChI is InChI=1S/C15H26N4O/c1-3-15-13-18(7-8-19(15)9-10-20-2)12-14(11-17)5-4-6-16/h14-15H,3-5,7-10,12-13H2,1-2H3/t14-,15-/m1/s1. The minimum atomic E-state index is -0.0160. The molecule has 0 aromatic carbocycles. The highest BCUT2D eigenvalue weighted by Crippen LogP contribution is 2.15. The molecule has 1 saturated heterocycles. The maximum atomic E-state index is 9.16. The van der Waals surface area contributed by atoms with Gasteiger partial charge in [0.05, 0.1) is 24.7 Å². The van der Waals surface area contributed by atoms with Gasteiger partial charge in [0.15, 0.2) is 0 Å². The normalized spacial score (nSPS) is 22.1. The smallest absolute Gasteiger partial charge is 0.0669 e. The largest absolute Gasteiger partial charge is 0.383 e. The number of nitrogens with zero attached hydrogens (tertiary/aromatic N) is 4. The van der Waals surface area contributed by atoms with Crippen molar-refractivity contribution in [2.75, 3.05) is 46.4 Å². The number of piperazine rings is 1. The molecule has 1 aliphatic rings. The van der Waals surface area contributed by atoms with Crippen LogP contribution in [-0.2, 0) is 4.74 Å². The third-order valence-electron chi connectivity index (χ3n) is 4.01. The van der Waals surface area contributed by atoms with Gasteiger partial charge in [-0.3, -0.25) is 9.80 Å². The average Bonchev–Trinajstić information content (AvgIpc) is 2.49. The predicted molar refractivity (Wildman–Crippen MR) is 77.9 cm³/mol. The van der Waals surface area contributed by atoms with Crippen LogP contribution in [0.15, 0.2) is 0 Å². The van der Waals surface area contributed by atoms with Crippen molar-refractivity contribution in [2.24, 2.45) is 5.92 Å². The second-order valence-electron chi connectivity index (χ2n) is 5.37. The van der Waals surface area contributed by atoms with Crippen LogP contribution in [0.2, 0.25) is 0 Å². The molecule has 0 saturated carbocycles. The Morgan fingerprint density at radius 1 is 1.35 bits per heavy atom. The van der Waals surface area contributed by atoms with Gasteiger partial charge in [0.1, 0.15) is 0 Å². The van der Waals surface area contributed by atoms with E-state index in [0.29, 0.717) is 18.9 Å². The van der Waals surface area contributed by atoms with Crippen LogP contribution in [0.4, 0.5) is 0 Å². The quantitative estimate of drug-likeness (QED) is 0.673. The third-order valence-corrected chi connectivity index (χ3v) is 4.01. The average molecular weight is 278 g/mol. The van der Waals surface area contributed by atoms with Crippen LogP contribution in [0, 0.1) is 28.6 Å². The molecule has 0 aliphatic carbocycles. The van der Waals surface area contributed by atoms with Crippen LogP contribution in [0.3, 0.4) is 0 Å². The van der Waals surface area contributed by atoms with Gasteiger partial charge in [-0.25, -0.2) is 0 Å². The van der Waals surface area contributed by atoms with Crippen molar-refractivity contribution >= 4 is 0 Å². The van der Waals surface area contributed by atoms with Crippen molar-refractivity contribution in [1.82, 2.24) is 9.80 Å². The zero-order valence-corrected chi connectivity index (χ0v) is 12.7. The van der Waals surface area contributed by atoms with Gasteiger partial charge >= 0.3 is 0 Å². The van der Waals surface area contributed by atoms with E-state index in [1.807, 2.05) is 0 Å². The molecule has 0 N–H and O–H groups in total. The molecule has 0 unspecified atom stereocenters. The molecule has 5 heteroatoms. The van der Waals surface area contributed by atoms with Gasteiger partial charge < -0.3 is 4.74 Å². The summed E-state index contributed by atoms with van der Waals surface area (Å²) >= 11 is 0. The van der Waals surface area contributed by atoms with Crippen LogP contribution < -0.4 is 0 Å². The Labute approximate surface area is 122 Å². The number of methoxy groups -OCH3 is 1. The lowest BCUT2D eigenvalue weighted by atomic mass is 10.0. The van der Waals surface area contributed by atoms with Crippen LogP contribution >= 0.6 is 0 Å². The van der Waals surface area contributed by atoms with E-state index in [1.165, 1.54) is 0 Å². The molecule has 0 spiro atoms. The van der Waals surface area contributed by atoms with Crippen molar-refractivity contribution < 1.29 is 4.74 Å². The van der Waals surface area contributed by atoms with E-state index in [0.717, 1.165) is 45.8 Å². The van der Waals surface area contributed by atoms with Gasteiger partial charge in [-0.15, -0.1) is 0 Å². The lowest BCUT2D eigenvalue weighted by molar-refractivity contribution is 0.0457. The van der Waals surface area contributed by atoms with Crippen LogP contribution in [-0.4, -0.2) is 62.3 Å². The maximum absolute atomic E-state index is 9.16. The first-order valence-electron chi connectivity index (χ1n) is 7.47. The topological polar surface area (TPSA) is 63.3 Å². The summed E-state index contributed by atoms with van der Waals surface area (Å²) in [7, 11) is 1.74. The summed E-state index contributed by atoms with van der Waals surface area (Å²) in [5, 5.41) is 17.8. The summed E-state index contributed by atoms with van der Waals surface area (Å²) in [4.78, 5) is 4.86. The van der Waals surface area contributed by atoms with Crippen molar-refractivity contribution in [1.29, 1.82) is 10.5 Å². The minimum absolute atomic E-state index is 0.0160. The third kappa shape index (κ3) is 5.46. The molecular formula is C15H26N4O. The molecular weight excluding hydrogens is 252 g/mol. The molecule has 1 fully saturated rings. The zero-order valence-electron chi connectivity index (χ0n) is 12.7. The van der Waals surface area contributed by atoms with E-state index in [-0.39, 0.29) is 5.92 Å². The summed E-state index contributed by atoms with van der Waals surface area (Å²) in [5.41, 5.74) is 0. The number of rotatable bonds is 8.